The molecule has 0 heterocycles. The third-order valence-electron chi connectivity index (χ3n) is 3.37. The van der Waals surface area contributed by atoms with Crippen LogP contribution in [0.15, 0.2) is 71.7 Å². The van der Waals surface area contributed by atoms with Gasteiger partial charge in [0, 0.05) is 11.8 Å². The number of hydrogen-bond acceptors (Lipinski definition) is 1. The Kier molecular flexibility index (Phi) is 3.67. The highest BCUT2D eigenvalue weighted by Crippen LogP contribution is 2.30. The first-order chi connectivity index (χ1) is 10.5. The smallest absolute Gasteiger partial charge is 0.256 e. The van der Waals surface area contributed by atoms with Crippen molar-refractivity contribution in [2.24, 2.45) is 4.99 Å². The Bertz CT molecular complexity index is 812. The second-order valence-electron chi connectivity index (χ2n) is 4.87. The molecule has 0 fully saturated rings. The summed E-state index contributed by atoms with van der Waals surface area (Å²) in [4.78, 5) is 4.26. The molecule has 0 N–H and O–H groups in total. The molecule has 0 bridgehead atoms. The lowest BCUT2D eigenvalue weighted by molar-refractivity contribution is -0.137. The van der Waals surface area contributed by atoms with Gasteiger partial charge in [-0.3, -0.25) is 4.99 Å². The molecule has 0 unspecified atom stereocenters. The minimum absolute atomic E-state index is 0.487. The second-order valence-corrected chi connectivity index (χ2v) is 4.87. The SMILES string of the molecule is FC(F)(F)c1ccc(N=Cc2cccc3ccccc23)cc1. The molecule has 110 valence electrons. The van der Waals surface area contributed by atoms with Crippen LogP contribution in [0.3, 0.4) is 0 Å². The Labute approximate surface area is 125 Å². The molecule has 0 aliphatic heterocycles. The highest BCUT2D eigenvalue weighted by Gasteiger charge is 2.29. The van der Waals surface area contributed by atoms with Gasteiger partial charge >= 0.3 is 6.18 Å². The third-order valence-corrected chi connectivity index (χ3v) is 3.37. The maximum atomic E-state index is 12.5. The van der Waals surface area contributed by atoms with E-state index < -0.39 is 11.7 Å². The van der Waals surface area contributed by atoms with Crippen molar-refractivity contribution >= 4 is 22.7 Å². The van der Waals surface area contributed by atoms with Gasteiger partial charge in [-0.15, -0.1) is 0 Å². The number of halogens is 3. The fourth-order valence-corrected chi connectivity index (χ4v) is 2.24. The van der Waals surface area contributed by atoms with Crippen LogP contribution in [-0.2, 0) is 6.18 Å². The average molecular weight is 299 g/mol. The summed E-state index contributed by atoms with van der Waals surface area (Å²) >= 11 is 0. The van der Waals surface area contributed by atoms with E-state index in [1.165, 1.54) is 12.1 Å². The Hall–Kier alpha value is -2.62. The normalized spacial score (nSPS) is 12.1. The van der Waals surface area contributed by atoms with Crippen molar-refractivity contribution in [3.63, 3.8) is 0 Å². The van der Waals surface area contributed by atoms with Crippen molar-refractivity contribution in [3.8, 4) is 0 Å². The van der Waals surface area contributed by atoms with Gasteiger partial charge in [0.05, 0.1) is 11.3 Å². The first kappa shape index (κ1) is 14.3. The summed E-state index contributed by atoms with van der Waals surface area (Å²) in [5.41, 5.74) is 0.746. The first-order valence-electron chi connectivity index (χ1n) is 6.73. The van der Waals surface area contributed by atoms with Crippen LogP contribution in [0.25, 0.3) is 10.8 Å². The molecule has 0 aliphatic rings. The largest absolute Gasteiger partial charge is 0.416 e. The van der Waals surface area contributed by atoms with E-state index in [0.717, 1.165) is 28.5 Å². The fourth-order valence-electron chi connectivity index (χ4n) is 2.24. The summed E-state index contributed by atoms with van der Waals surface area (Å²) in [5.74, 6) is 0. The first-order valence-corrected chi connectivity index (χ1v) is 6.73. The van der Waals surface area contributed by atoms with E-state index in [1.54, 1.807) is 6.21 Å². The number of aliphatic imine (C=N–C) groups is 1. The minimum Gasteiger partial charge on any atom is -0.256 e. The molecule has 0 radical (unpaired) electrons. The number of alkyl halides is 3. The van der Waals surface area contributed by atoms with Crippen LogP contribution in [0.1, 0.15) is 11.1 Å². The molecule has 3 aromatic carbocycles. The predicted octanol–water partition coefficient (Wildman–Crippen LogP) is 5.61. The Balaban J connectivity index is 1.90. The number of nitrogens with zero attached hydrogens (tertiary/aromatic N) is 1. The van der Waals surface area contributed by atoms with Gasteiger partial charge in [-0.1, -0.05) is 42.5 Å². The number of hydrogen-bond donors (Lipinski definition) is 0. The van der Waals surface area contributed by atoms with Crippen LogP contribution in [0.2, 0.25) is 0 Å². The van der Waals surface area contributed by atoms with Crippen molar-refractivity contribution in [1.82, 2.24) is 0 Å². The zero-order chi connectivity index (χ0) is 15.6. The maximum Gasteiger partial charge on any atom is 0.416 e. The number of rotatable bonds is 2. The Morgan fingerprint density at radius 2 is 1.45 bits per heavy atom. The summed E-state index contributed by atoms with van der Waals surface area (Å²) in [6, 6.07) is 18.6. The molecule has 0 aromatic heterocycles. The molecular formula is C18H12F3N. The zero-order valence-corrected chi connectivity index (χ0v) is 11.5. The van der Waals surface area contributed by atoms with Crippen molar-refractivity contribution in [2.45, 2.75) is 6.18 Å². The molecule has 3 rings (SSSR count). The quantitative estimate of drug-likeness (QED) is 0.545. The van der Waals surface area contributed by atoms with Crippen molar-refractivity contribution in [3.05, 3.63) is 77.9 Å². The van der Waals surface area contributed by atoms with E-state index in [2.05, 4.69) is 4.99 Å². The topological polar surface area (TPSA) is 12.4 Å². The van der Waals surface area contributed by atoms with Gasteiger partial charge in [0.25, 0.3) is 0 Å². The summed E-state index contributed by atoms with van der Waals surface area (Å²) in [5, 5.41) is 2.15. The molecule has 0 spiro atoms. The van der Waals surface area contributed by atoms with Gasteiger partial charge in [0.2, 0.25) is 0 Å². The molecule has 0 saturated heterocycles. The molecular weight excluding hydrogens is 287 g/mol. The van der Waals surface area contributed by atoms with Crippen molar-refractivity contribution in [2.75, 3.05) is 0 Å². The third kappa shape index (κ3) is 3.01. The van der Waals surface area contributed by atoms with E-state index >= 15 is 0 Å². The molecule has 0 amide bonds. The van der Waals surface area contributed by atoms with E-state index in [0.29, 0.717) is 5.69 Å². The number of fused-ring (bicyclic) bond motifs is 1. The van der Waals surface area contributed by atoms with Gasteiger partial charge < -0.3 is 0 Å². The molecule has 0 saturated carbocycles. The molecule has 0 aliphatic carbocycles. The van der Waals surface area contributed by atoms with Crippen LogP contribution in [0, 0.1) is 0 Å². The predicted molar refractivity (Wildman–Crippen MR) is 82.6 cm³/mol. The van der Waals surface area contributed by atoms with E-state index in [9.17, 15) is 13.2 Å². The molecule has 1 nitrogen and oxygen atoms in total. The lowest BCUT2D eigenvalue weighted by Gasteiger charge is -2.06. The Morgan fingerprint density at radius 1 is 0.773 bits per heavy atom. The van der Waals surface area contributed by atoms with Gasteiger partial charge in [0.15, 0.2) is 0 Å². The summed E-state index contributed by atoms with van der Waals surface area (Å²) in [6.07, 6.45) is -2.65. The number of benzene rings is 3. The van der Waals surface area contributed by atoms with Crippen LogP contribution in [0.4, 0.5) is 18.9 Å². The van der Waals surface area contributed by atoms with Crippen LogP contribution < -0.4 is 0 Å². The summed E-state index contributed by atoms with van der Waals surface area (Å²) < 4.78 is 37.5. The molecule has 22 heavy (non-hydrogen) atoms. The second kappa shape index (κ2) is 5.64. The monoisotopic (exact) mass is 299 g/mol. The standard InChI is InChI=1S/C18H12F3N/c19-18(20,21)15-8-10-16(11-9-15)22-12-14-6-3-5-13-4-1-2-7-17(13)14/h1-12H. The van der Waals surface area contributed by atoms with Crippen LogP contribution in [-0.4, -0.2) is 6.21 Å². The van der Waals surface area contributed by atoms with Gasteiger partial charge in [0.1, 0.15) is 0 Å². The average Bonchev–Trinajstić information content (AvgIpc) is 2.52. The van der Waals surface area contributed by atoms with E-state index in [1.807, 2.05) is 42.5 Å². The van der Waals surface area contributed by atoms with Gasteiger partial charge in [-0.25, -0.2) is 0 Å². The van der Waals surface area contributed by atoms with E-state index in [4.69, 9.17) is 0 Å². The van der Waals surface area contributed by atoms with E-state index in [-0.39, 0.29) is 0 Å². The van der Waals surface area contributed by atoms with Crippen molar-refractivity contribution < 1.29 is 13.2 Å². The summed E-state index contributed by atoms with van der Waals surface area (Å²) in [7, 11) is 0. The Morgan fingerprint density at radius 3 is 2.18 bits per heavy atom. The fraction of sp³-hybridized carbons (Fsp3) is 0.0556. The zero-order valence-electron chi connectivity index (χ0n) is 11.5. The maximum absolute atomic E-state index is 12.5. The molecule has 4 heteroatoms. The highest BCUT2D eigenvalue weighted by molar-refractivity contribution is 6.00. The van der Waals surface area contributed by atoms with Crippen LogP contribution >= 0.6 is 0 Å². The summed E-state index contributed by atoms with van der Waals surface area (Å²) in [6.45, 7) is 0. The lowest BCUT2D eigenvalue weighted by Crippen LogP contribution is -2.03. The molecule has 3 aromatic rings. The lowest BCUT2D eigenvalue weighted by atomic mass is 10.1. The minimum atomic E-state index is -4.32. The van der Waals surface area contributed by atoms with Gasteiger partial charge in [-0.2, -0.15) is 13.2 Å². The molecule has 0 atom stereocenters. The van der Waals surface area contributed by atoms with Gasteiger partial charge in [-0.05, 0) is 35.0 Å². The van der Waals surface area contributed by atoms with Crippen molar-refractivity contribution in [1.29, 1.82) is 0 Å². The highest BCUT2D eigenvalue weighted by atomic mass is 19.4. The van der Waals surface area contributed by atoms with Crippen LogP contribution in [0.5, 0.6) is 0 Å².